The van der Waals surface area contributed by atoms with Crippen LogP contribution in [-0.2, 0) is 19.6 Å². The van der Waals surface area contributed by atoms with Gasteiger partial charge in [0.15, 0.2) is 11.5 Å². The summed E-state index contributed by atoms with van der Waals surface area (Å²) in [5, 5.41) is 0. The third kappa shape index (κ3) is 3.33. The Labute approximate surface area is 140 Å². The standard InChI is InChI=1S/C15H20N2O6S/c1-21-11-15(18)16-4-6-17(7-5-16)24(19,20)12-2-3-13-14(10-12)23-9-8-22-13/h2-3,10H,4-9,11H2,1H3. The molecule has 2 aliphatic rings. The third-order valence-corrected chi connectivity index (χ3v) is 5.91. The van der Waals surface area contributed by atoms with Crippen molar-refractivity contribution in [2.24, 2.45) is 0 Å². The van der Waals surface area contributed by atoms with E-state index in [0.29, 0.717) is 37.8 Å². The molecule has 8 nitrogen and oxygen atoms in total. The number of piperazine rings is 1. The molecule has 0 unspecified atom stereocenters. The van der Waals surface area contributed by atoms with E-state index in [1.807, 2.05) is 0 Å². The maximum atomic E-state index is 12.8. The number of carbonyl (C=O) groups is 1. The predicted molar refractivity (Wildman–Crippen MR) is 84.6 cm³/mol. The molecule has 1 aromatic rings. The van der Waals surface area contributed by atoms with Crippen LogP contribution in [0.25, 0.3) is 0 Å². The molecule has 0 aromatic heterocycles. The molecule has 0 aliphatic carbocycles. The van der Waals surface area contributed by atoms with Crippen molar-refractivity contribution in [1.29, 1.82) is 0 Å². The SMILES string of the molecule is COCC(=O)N1CCN(S(=O)(=O)c2ccc3c(c2)OCCO3)CC1. The van der Waals surface area contributed by atoms with Crippen molar-refractivity contribution in [3.05, 3.63) is 18.2 Å². The number of rotatable bonds is 4. The highest BCUT2D eigenvalue weighted by Crippen LogP contribution is 2.33. The molecule has 0 N–H and O–H groups in total. The van der Waals surface area contributed by atoms with Crippen LogP contribution in [0.4, 0.5) is 0 Å². The first-order chi connectivity index (χ1) is 11.5. The highest BCUT2D eigenvalue weighted by Gasteiger charge is 2.31. The minimum Gasteiger partial charge on any atom is -0.486 e. The van der Waals surface area contributed by atoms with Crippen molar-refractivity contribution in [3.8, 4) is 11.5 Å². The molecule has 3 rings (SSSR count). The van der Waals surface area contributed by atoms with Crippen molar-refractivity contribution >= 4 is 15.9 Å². The van der Waals surface area contributed by atoms with Crippen LogP contribution in [0.1, 0.15) is 0 Å². The van der Waals surface area contributed by atoms with Crippen LogP contribution in [0, 0.1) is 0 Å². The Hall–Kier alpha value is -1.84. The molecule has 0 radical (unpaired) electrons. The Morgan fingerprint density at radius 1 is 1.12 bits per heavy atom. The maximum absolute atomic E-state index is 12.8. The molecule has 1 saturated heterocycles. The Kier molecular flexibility index (Phi) is 4.93. The van der Waals surface area contributed by atoms with Gasteiger partial charge in [-0.25, -0.2) is 8.42 Å². The average molecular weight is 356 g/mol. The molecule has 0 atom stereocenters. The van der Waals surface area contributed by atoms with Gasteiger partial charge in [0.05, 0.1) is 4.90 Å². The fourth-order valence-corrected chi connectivity index (χ4v) is 4.16. The van der Waals surface area contributed by atoms with Gasteiger partial charge in [0.2, 0.25) is 15.9 Å². The largest absolute Gasteiger partial charge is 0.486 e. The number of fused-ring (bicyclic) bond motifs is 1. The van der Waals surface area contributed by atoms with E-state index in [9.17, 15) is 13.2 Å². The topological polar surface area (TPSA) is 85.4 Å². The van der Waals surface area contributed by atoms with Crippen molar-refractivity contribution < 1.29 is 27.4 Å². The summed E-state index contributed by atoms with van der Waals surface area (Å²) < 4.78 is 42.6. The minimum absolute atomic E-state index is 0.00884. The number of ether oxygens (including phenoxy) is 3. The van der Waals surface area contributed by atoms with Crippen molar-refractivity contribution in [3.63, 3.8) is 0 Å². The lowest BCUT2D eigenvalue weighted by Crippen LogP contribution is -2.51. The summed E-state index contributed by atoms with van der Waals surface area (Å²) in [5.41, 5.74) is 0. The molecule has 1 aromatic carbocycles. The van der Waals surface area contributed by atoms with Crippen molar-refractivity contribution in [1.82, 2.24) is 9.21 Å². The van der Waals surface area contributed by atoms with Crippen LogP contribution in [0.2, 0.25) is 0 Å². The van der Waals surface area contributed by atoms with Gasteiger partial charge in [-0.2, -0.15) is 4.31 Å². The zero-order valence-corrected chi connectivity index (χ0v) is 14.3. The lowest BCUT2D eigenvalue weighted by molar-refractivity contribution is -0.136. The van der Waals surface area contributed by atoms with Gasteiger partial charge in [-0.1, -0.05) is 0 Å². The van der Waals surface area contributed by atoms with Gasteiger partial charge in [0.25, 0.3) is 0 Å². The van der Waals surface area contributed by atoms with E-state index in [0.717, 1.165) is 0 Å². The highest BCUT2D eigenvalue weighted by atomic mass is 32.2. The Morgan fingerprint density at radius 3 is 2.46 bits per heavy atom. The summed E-state index contributed by atoms with van der Waals surface area (Å²) in [6.07, 6.45) is 0. The van der Waals surface area contributed by atoms with Gasteiger partial charge in [-0.15, -0.1) is 0 Å². The number of methoxy groups -OCH3 is 1. The van der Waals surface area contributed by atoms with E-state index in [4.69, 9.17) is 14.2 Å². The zero-order chi connectivity index (χ0) is 17.2. The molecular formula is C15H20N2O6S. The van der Waals surface area contributed by atoms with Crippen molar-refractivity contribution in [2.75, 3.05) is 53.1 Å². The van der Waals surface area contributed by atoms with Gasteiger partial charge in [-0.05, 0) is 12.1 Å². The van der Waals surface area contributed by atoms with Crippen LogP contribution < -0.4 is 9.47 Å². The smallest absolute Gasteiger partial charge is 0.248 e. The normalized spacial score (nSPS) is 18.5. The second-order valence-electron chi connectivity index (χ2n) is 5.52. The first-order valence-corrected chi connectivity index (χ1v) is 9.13. The van der Waals surface area contributed by atoms with E-state index in [-0.39, 0.29) is 30.5 Å². The summed E-state index contributed by atoms with van der Waals surface area (Å²) in [6, 6.07) is 4.62. The minimum atomic E-state index is -3.63. The number of hydrogen-bond donors (Lipinski definition) is 0. The van der Waals surface area contributed by atoms with E-state index in [1.54, 1.807) is 11.0 Å². The number of benzene rings is 1. The fraction of sp³-hybridized carbons (Fsp3) is 0.533. The Morgan fingerprint density at radius 2 is 1.79 bits per heavy atom. The first-order valence-electron chi connectivity index (χ1n) is 7.69. The summed E-state index contributed by atoms with van der Waals surface area (Å²) in [6.45, 7) is 2.08. The molecule has 1 amide bonds. The van der Waals surface area contributed by atoms with Gasteiger partial charge < -0.3 is 19.1 Å². The van der Waals surface area contributed by atoms with E-state index < -0.39 is 10.0 Å². The van der Waals surface area contributed by atoms with Gasteiger partial charge >= 0.3 is 0 Å². The molecule has 0 spiro atoms. The molecule has 1 fully saturated rings. The molecule has 0 saturated carbocycles. The number of sulfonamides is 1. The van der Waals surface area contributed by atoms with Gasteiger partial charge in [0.1, 0.15) is 19.8 Å². The second kappa shape index (κ2) is 6.96. The molecule has 0 bridgehead atoms. The zero-order valence-electron chi connectivity index (χ0n) is 13.4. The summed E-state index contributed by atoms with van der Waals surface area (Å²) in [7, 11) is -2.17. The van der Waals surface area contributed by atoms with Crippen LogP contribution in [0.5, 0.6) is 11.5 Å². The van der Waals surface area contributed by atoms with E-state index >= 15 is 0 Å². The highest BCUT2D eigenvalue weighted by molar-refractivity contribution is 7.89. The van der Waals surface area contributed by atoms with Gasteiger partial charge in [-0.3, -0.25) is 4.79 Å². The van der Waals surface area contributed by atoms with Crippen LogP contribution in [0.3, 0.4) is 0 Å². The lowest BCUT2D eigenvalue weighted by Gasteiger charge is -2.34. The number of carbonyl (C=O) groups excluding carboxylic acids is 1. The van der Waals surface area contributed by atoms with Crippen LogP contribution in [0.15, 0.2) is 23.1 Å². The monoisotopic (exact) mass is 356 g/mol. The Balaban J connectivity index is 1.71. The molecule has 2 heterocycles. The molecule has 9 heteroatoms. The Bertz CT molecular complexity index is 713. The van der Waals surface area contributed by atoms with E-state index in [2.05, 4.69) is 0 Å². The van der Waals surface area contributed by atoms with E-state index in [1.165, 1.54) is 23.5 Å². The molecular weight excluding hydrogens is 336 g/mol. The predicted octanol–water partition coefficient (Wildman–Crippen LogP) is -0.0629. The number of nitrogens with zero attached hydrogens (tertiary/aromatic N) is 2. The lowest BCUT2D eigenvalue weighted by atomic mass is 10.3. The van der Waals surface area contributed by atoms with Crippen molar-refractivity contribution in [2.45, 2.75) is 4.90 Å². The van der Waals surface area contributed by atoms with Crippen LogP contribution in [-0.4, -0.2) is 76.6 Å². The molecule has 2 aliphatic heterocycles. The van der Waals surface area contributed by atoms with Crippen LogP contribution >= 0.6 is 0 Å². The summed E-state index contributed by atoms with van der Waals surface area (Å²) in [5.74, 6) is 0.861. The first kappa shape index (κ1) is 17.0. The molecule has 24 heavy (non-hydrogen) atoms. The van der Waals surface area contributed by atoms with Gasteiger partial charge in [0, 0.05) is 39.4 Å². The third-order valence-electron chi connectivity index (χ3n) is 4.01. The summed E-state index contributed by atoms with van der Waals surface area (Å²) in [4.78, 5) is 13.6. The maximum Gasteiger partial charge on any atom is 0.248 e. The fourth-order valence-electron chi connectivity index (χ4n) is 2.73. The number of hydrogen-bond acceptors (Lipinski definition) is 6. The summed E-state index contributed by atoms with van der Waals surface area (Å²) >= 11 is 0. The second-order valence-corrected chi connectivity index (χ2v) is 7.46. The quantitative estimate of drug-likeness (QED) is 0.751. The average Bonchev–Trinajstić information content (AvgIpc) is 2.61. The molecule has 132 valence electrons. The number of amides is 1.